The molecule has 0 spiro atoms. The molecule has 0 aliphatic carbocycles. The highest BCUT2D eigenvalue weighted by Crippen LogP contribution is 2.56. The molecule has 1 unspecified atom stereocenters. The first-order chi connectivity index (χ1) is 73.4. The summed E-state index contributed by atoms with van der Waals surface area (Å²) in [5.41, 5.74) is 5.48. The largest absolute Gasteiger partial charge is 0.484 e. The van der Waals surface area contributed by atoms with Gasteiger partial charge in [0.05, 0.1) is 0 Å². The lowest BCUT2D eigenvalue weighted by Crippen LogP contribution is -2.38. The van der Waals surface area contributed by atoms with Gasteiger partial charge in [-0.25, -0.2) is 29.9 Å². The molecule has 4 aromatic carbocycles. The van der Waals surface area contributed by atoms with Crippen LogP contribution >= 0.6 is 0 Å². The van der Waals surface area contributed by atoms with Crippen molar-refractivity contribution >= 4 is 44.1 Å². The highest BCUT2D eigenvalue weighted by molar-refractivity contribution is 6.08. The van der Waals surface area contributed by atoms with Crippen molar-refractivity contribution in [2.45, 2.75) is 649 Å². The third-order valence-corrected chi connectivity index (χ3v) is 34.4. The van der Waals surface area contributed by atoms with Crippen molar-refractivity contribution < 1.29 is 38.3 Å². The van der Waals surface area contributed by atoms with Crippen LogP contribution in [0.2, 0.25) is 0 Å². The summed E-state index contributed by atoms with van der Waals surface area (Å²) in [7, 11) is 0. The highest BCUT2D eigenvalue weighted by atomic mass is 16.7. The van der Waals surface area contributed by atoms with Gasteiger partial charge in [-0.05, 0) is 113 Å². The number of nitrogens with zero attached hydrogens (tertiary/aromatic N) is 6. The maximum absolute atomic E-state index is 13.6. The number of hydrogen-bond acceptors (Lipinski definition) is 14. The Morgan fingerprint density at radius 3 is 0.544 bits per heavy atom. The van der Waals surface area contributed by atoms with E-state index in [4.69, 9.17) is 63.1 Å². The number of aromatic nitrogens is 8. The van der Waals surface area contributed by atoms with Crippen LogP contribution in [-0.4, -0.2) is 67.9 Å². The maximum atomic E-state index is 13.6. The minimum atomic E-state index is -0.867. The fourth-order valence-corrected chi connectivity index (χ4v) is 25.1. The van der Waals surface area contributed by atoms with Crippen LogP contribution in [0.5, 0.6) is 40.2 Å². The molecular formula is C133H212N8O8. The van der Waals surface area contributed by atoms with Gasteiger partial charge in [0.2, 0.25) is 0 Å². The minimum Gasteiger partial charge on any atom is -0.484 e. The fraction of sp³-hybridized carbons (Fsp3) is 0.759. The van der Waals surface area contributed by atoms with Gasteiger partial charge in [-0.1, -0.05) is 518 Å². The Morgan fingerprint density at radius 1 is 0.188 bits per heavy atom. The number of fused-ring (bicyclic) bond motifs is 24. The fourth-order valence-electron chi connectivity index (χ4n) is 25.1. The number of benzene rings is 4. The molecule has 13 rings (SSSR count). The molecule has 6 aliphatic rings. The van der Waals surface area contributed by atoms with Gasteiger partial charge in [0.25, 0.3) is 17.4 Å². The lowest BCUT2D eigenvalue weighted by atomic mass is 9.83. The standard InChI is InChI=1S/C133H212N8O8/c1-9-17-25-33-41-49-57-65-73-81-89-130(90-82-74-66-58-50-42-34-26-18-10-2)121(142)113-97-105-106(98-114(113)143-130)123-134-122(105)135-124-107-99-115-116(145-131(144-115,91-83-75-67-59-51-43-35-27-19-11-3)92-84-76-68-60-52-44-36-28-20-12-4)100-108(107)126(137-124)139-128-111-103-119-120(149-133(148-119,95-87-79-71-63-55-47-39-31-23-15-7)96-88-80-72-64-56-48-40-32-24-16-8)104-112(111)129(141-128)140-127-110-102-118-117(101-109(110)125(136-123)138-127)146-132(147-118,93-85-77-69-61-53-45-37-29-21-13-5)94-86-78-70-62-54-46-38-30-22-14-6/h97-104,121,142H,9-96H2,1-8H3,(H2,134,135,136,137,138,139,140,141). The van der Waals surface area contributed by atoms with E-state index in [0.717, 1.165) is 215 Å². The number of aromatic amines is 2. The first-order valence-corrected chi connectivity index (χ1v) is 64.5. The second kappa shape index (κ2) is 66.9. The molecule has 0 amide bonds. The lowest BCUT2D eigenvalue weighted by molar-refractivity contribution is -0.0953. The van der Waals surface area contributed by atoms with Crippen LogP contribution in [0.3, 0.4) is 0 Å². The molecule has 3 N–H and O–H groups in total. The Balaban J connectivity index is 0.940. The van der Waals surface area contributed by atoms with Crippen molar-refractivity contribution in [3.63, 3.8) is 0 Å². The van der Waals surface area contributed by atoms with E-state index in [1.165, 1.54) is 411 Å². The van der Waals surface area contributed by atoms with Gasteiger partial charge in [0.15, 0.2) is 57.8 Å². The van der Waals surface area contributed by atoms with Crippen molar-refractivity contribution in [1.29, 1.82) is 0 Å². The number of unbranched alkanes of at least 4 members (excludes halogenated alkanes) is 72. The van der Waals surface area contributed by atoms with Crippen molar-refractivity contribution in [3.05, 3.63) is 54.1 Å². The minimum absolute atomic E-state index is 0.482. The monoisotopic (exact) mass is 2050 g/mol. The van der Waals surface area contributed by atoms with Gasteiger partial charge in [0, 0.05) is 87.9 Å². The summed E-state index contributed by atoms with van der Waals surface area (Å²) in [6, 6.07) is 17.3. The lowest BCUT2D eigenvalue weighted by Gasteiger charge is -2.32. The molecule has 0 saturated carbocycles. The van der Waals surface area contributed by atoms with Crippen molar-refractivity contribution in [2.75, 3.05) is 0 Å². The second-order valence-electron chi connectivity index (χ2n) is 47.4. The van der Waals surface area contributed by atoms with Crippen LogP contribution in [0.25, 0.3) is 89.7 Å². The van der Waals surface area contributed by atoms with Gasteiger partial charge < -0.3 is 48.2 Å². The Hall–Kier alpha value is -7.20. The van der Waals surface area contributed by atoms with Crippen LogP contribution in [0, 0.1) is 0 Å². The van der Waals surface area contributed by atoms with E-state index in [2.05, 4.69) is 114 Å². The van der Waals surface area contributed by atoms with Crippen LogP contribution < -0.4 is 33.2 Å². The highest BCUT2D eigenvalue weighted by Gasteiger charge is 2.49. The molecule has 8 bridgehead atoms. The van der Waals surface area contributed by atoms with E-state index in [1.54, 1.807) is 0 Å². The summed E-state index contributed by atoms with van der Waals surface area (Å²) in [5.74, 6) is 4.47. The molecule has 832 valence electrons. The van der Waals surface area contributed by atoms with Gasteiger partial charge in [-0.15, -0.1) is 0 Å². The zero-order valence-electron chi connectivity index (χ0n) is 96.4. The normalized spacial score (nSPS) is 15.1. The predicted octanol–water partition coefficient (Wildman–Crippen LogP) is 42.9. The van der Waals surface area contributed by atoms with E-state index in [0.29, 0.717) is 74.6 Å². The van der Waals surface area contributed by atoms with Crippen molar-refractivity contribution in [3.8, 4) is 85.8 Å². The van der Waals surface area contributed by atoms with Gasteiger partial charge >= 0.3 is 0 Å². The van der Waals surface area contributed by atoms with Gasteiger partial charge in [0.1, 0.15) is 40.0 Å². The van der Waals surface area contributed by atoms with E-state index in [-0.39, 0.29) is 0 Å². The second-order valence-corrected chi connectivity index (χ2v) is 47.4. The van der Waals surface area contributed by atoms with Gasteiger partial charge in [-0.2, -0.15) is 0 Å². The SMILES string of the molecule is CCCCCCCCCCCCC1(CCCCCCCCCCCC)Oc2cc3c(cc2O1)-c1nc-3nc2[nH]c(nc3nc(nc4[nH]c(n1)c1cc5c(cc41)C(O)C(CCCCCCCCCCCC)(CCCCCCCCCCCC)O5)-c1cc4c(cc1-3)OC(CCCCCCCCCCCC)(CCCCCCCCCCCC)O4)c1cc3c(cc21)OC(CCCCCCCCCCCC)(CCCCCCCCCCCC)O3. The van der Waals surface area contributed by atoms with Crippen LogP contribution in [0.4, 0.5) is 0 Å². The molecule has 9 heterocycles. The number of ether oxygens (including phenoxy) is 7. The Morgan fingerprint density at radius 2 is 0.349 bits per heavy atom. The van der Waals surface area contributed by atoms with E-state index in [1.807, 2.05) is 0 Å². The maximum Gasteiger partial charge on any atom is 0.251 e. The molecular weight excluding hydrogens is 1840 g/mol. The number of aliphatic hydroxyl groups is 1. The molecule has 0 saturated heterocycles. The third kappa shape index (κ3) is 37.3. The Kier molecular flexibility index (Phi) is 53.4. The van der Waals surface area contributed by atoms with Crippen LogP contribution in [0.1, 0.15) is 632 Å². The smallest absolute Gasteiger partial charge is 0.251 e. The Labute approximate surface area is 906 Å². The zero-order valence-corrected chi connectivity index (χ0v) is 96.4. The quantitative estimate of drug-likeness (QED) is 0.0305. The number of H-pyrrole nitrogens is 2. The Bertz CT molecular complexity index is 5000. The van der Waals surface area contributed by atoms with Gasteiger partial charge in [-0.3, -0.25) is 0 Å². The van der Waals surface area contributed by atoms with Crippen LogP contribution in [0.15, 0.2) is 48.5 Å². The number of nitrogens with one attached hydrogen (secondary N) is 2. The summed E-state index contributed by atoms with van der Waals surface area (Å²) in [6.45, 7) is 18.5. The summed E-state index contributed by atoms with van der Waals surface area (Å²) in [4.78, 5) is 42.6. The van der Waals surface area contributed by atoms with Crippen LogP contribution in [-0.2, 0) is 0 Å². The molecule has 0 fully saturated rings. The molecule has 16 heteroatoms. The number of aliphatic hydroxyl groups excluding tert-OH is 1. The zero-order chi connectivity index (χ0) is 104. The molecule has 1 atom stereocenters. The van der Waals surface area contributed by atoms with E-state index in [9.17, 15) is 5.11 Å². The van der Waals surface area contributed by atoms with E-state index < -0.39 is 29.1 Å². The molecule has 7 aromatic rings. The third-order valence-electron chi connectivity index (χ3n) is 34.4. The molecule has 0 radical (unpaired) electrons. The molecule has 3 aromatic heterocycles. The predicted molar refractivity (Wildman–Crippen MR) is 628 cm³/mol. The number of rotatable bonds is 88. The first kappa shape index (κ1) is 119. The van der Waals surface area contributed by atoms with E-state index >= 15 is 0 Å². The topological polar surface area (TPSA) is 194 Å². The summed E-state index contributed by atoms with van der Waals surface area (Å²) in [6.07, 6.45) is 106. The average Bonchev–Trinajstić information content (AvgIpc) is 1.57. The van der Waals surface area contributed by atoms with Crippen molar-refractivity contribution in [2.24, 2.45) is 0 Å². The summed E-state index contributed by atoms with van der Waals surface area (Å²) < 4.78 is 52.7. The molecule has 149 heavy (non-hydrogen) atoms. The summed E-state index contributed by atoms with van der Waals surface area (Å²) in [5, 5.41) is 16.8. The molecule has 16 nitrogen and oxygen atoms in total. The first-order valence-electron chi connectivity index (χ1n) is 64.5. The summed E-state index contributed by atoms with van der Waals surface area (Å²) >= 11 is 0. The number of hydrogen-bond donors (Lipinski definition) is 3. The van der Waals surface area contributed by atoms with Crippen molar-refractivity contribution in [1.82, 2.24) is 39.9 Å². The average molecular weight is 2050 g/mol. The molecule has 6 aliphatic heterocycles.